The minimum Gasteiger partial charge on any atom is -0.343 e. The molecule has 0 N–H and O–H groups in total. The highest BCUT2D eigenvalue weighted by atomic mass is 32.1. The number of rotatable bonds is 6. The van der Waals surface area contributed by atoms with Crippen LogP contribution >= 0.6 is 11.3 Å². The number of likely N-dealkylation sites (tertiary alicyclic amines) is 1. The molecule has 0 radical (unpaired) electrons. The number of piperidine rings is 1. The van der Waals surface area contributed by atoms with Gasteiger partial charge in [-0.2, -0.15) is 5.10 Å². The maximum atomic E-state index is 13.4. The van der Waals surface area contributed by atoms with Crippen molar-refractivity contribution in [2.75, 3.05) is 26.2 Å². The number of carbonyl (C=O) groups excluding carboxylic acids is 2. The minimum atomic E-state index is -0.148. The zero-order chi connectivity index (χ0) is 24.4. The van der Waals surface area contributed by atoms with Crippen LogP contribution in [0.1, 0.15) is 52.5 Å². The Morgan fingerprint density at radius 2 is 1.97 bits per heavy atom. The summed E-state index contributed by atoms with van der Waals surface area (Å²) in [5.74, 6) is 0.330. The molecular weight excluding hydrogens is 448 g/mol. The van der Waals surface area contributed by atoms with Gasteiger partial charge in [0.2, 0.25) is 5.91 Å². The van der Waals surface area contributed by atoms with Crippen molar-refractivity contribution in [3.05, 3.63) is 45.5 Å². The van der Waals surface area contributed by atoms with Crippen LogP contribution in [0.3, 0.4) is 0 Å². The first-order valence-corrected chi connectivity index (χ1v) is 12.7. The maximum Gasteiger partial charge on any atom is 0.257 e. The van der Waals surface area contributed by atoms with Crippen molar-refractivity contribution in [1.82, 2.24) is 29.5 Å². The molecule has 0 saturated carbocycles. The van der Waals surface area contributed by atoms with E-state index in [1.54, 1.807) is 33.3 Å². The van der Waals surface area contributed by atoms with Crippen LogP contribution in [0.2, 0.25) is 0 Å². The Kier molecular flexibility index (Phi) is 7.11. The van der Waals surface area contributed by atoms with Crippen molar-refractivity contribution in [2.45, 2.75) is 47.5 Å². The monoisotopic (exact) mass is 480 g/mol. The normalized spacial score (nSPS) is 16.0. The lowest BCUT2D eigenvalue weighted by atomic mass is 9.96. The Morgan fingerprint density at radius 1 is 1.21 bits per heavy atom. The molecular formula is C25H32N6O2S. The molecule has 4 heterocycles. The van der Waals surface area contributed by atoms with Gasteiger partial charge in [-0.3, -0.25) is 9.59 Å². The Labute approximate surface area is 204 Å². The number of thiophene rings is 1. The summed E-state index contributed by atoms with van der Waals surface area (Å²) in [4.78, 5) is 41.4. The van der Waals surface area contributed by atoms with Gasteiger partial charge in [-0.25, -0.2) is 14.6 Å². The molecule has 1 aliphatic rings. The third kappa shape index (κ3) is 4.61. The van der Waals surface area contributed by atoms with Crippen LogP contribution in [-0.4, -0.2) is 67.5 Å². The first kappa shape index (κ1) is 24.1. The molecule has 8 nitrogen and oxygen atoms in total. The van der Waals surface area contributed by atoms with Crippen LogP contribution in [0.4, 0.5) is 0 Å². The second-order valence-corrected chi connectivity index (χ2v) is 10.2. The smallest absolute Gasteiger partial charge is 0.257 e. The Bertz CT molecular complexity index is 1200. The molecule has 1 fully saturated rings. The van der Waals surface area contributed by atoms with Gasteiger partial charge in [0.1, 0.15) is 0 Å². The summed E-state index contributed by atoms with van der Waals surface area (Å²) < 4.78 is 1.62. The van der Waals surface area contributed by atoms with Crippen molar-refractivity contribution in [3.8, 4) is 17.2 Å². The van der Waals surface area contributed by atoms with E-state index >= 15 is 0 Å². The first-order chi connectivity index (χ1) is 16.3. The van der Waals surface area contributed by atoms with Gasteiger partial charge in [-0.15, -0.1) is 11.3 Å². The molecule has 0 spiro atoms. The van der Waals surface area contributed by atoms with Gasteiger partial charge in [0.15, 0.2) is 0 Å². The molecule has 34 heavy (non-hydrogen) atoms. The van der Waals surface area contributed by atoms with Crippen molar-refractivity contribution in [2.24, 2.45) is 5.92 Å². The van der Waals surface area contributed by atoms with Crippen LogP contribution in [-0.2, 0) is 4.79 Å². The largest absolute Gasteiger partial charge is 0.343 e. The maximum absolute atomic E-state index is 13.4. The average molecular weight is 481 g/mol. The molecule has 3 aromatic rings. The molecule has 180 valence electrons. The highest BCUT2D eigenvalue weighted by Crippen LogP contribution is 2.29. The molecule has 4 rings (SSSR count). The quantitative estimate of drug-likeness (QED) is 0.532. The van der Waals surface area contributed by atoms with Gasteiger partial charge in [0.25, 0.3) is 11.9 Å². The van der Waals surface area contributed by atoms with Crippen LogP contribution in [0, 0.1) is 26.7 Å². The third-order valence-corrected chi connectivity index (χ3v) is 7.49. The first-order valence-electron chi connectivity index (χ1n) is 11.9. The molecule has 1 saturated heterocycles. The summed E-state index contributed by atoms with van der Waals surface area (Å²) >= 11 is 1.74. The molecule has 2 amide bonds. The van der Waals surface area contributed by atoms with Crippen LogP contribution in [0.15, 0.2) is 24.5 Å². The molecule has 1 unspecified atom stereocenters. The number of amides is 2. The molecule has 0 aliphatic carbocycles. The van der Waals surface area contributed by atoms with Gasteiger partial charge < -0.3 is 9.80 Å². The SMILES string of the molecule is CCN(CC)C(=O)C1CCCN(C(=O)c2cnn(-c3nccc(-c4cc(C)sc4C)n3)c2C)C1. The third-order valence-electron chi connectivity index (χ3n) is 6.52. The highest BCUT2D eigenvalue weighted by molar-refractivity contribution is 7.12. The molecule has 9 heteroatoms. The predicted molar refractivity (Wildman–Crippen MR) is 133 cm³/mol. The number of nitrogens with zero attached hydrogens (tertiary/aromatic N) is 6. The fraction of sp³-hybridized carbons (Fsp3) is 0.480. The van der Waals surface area contributed by atoms with Crippen LogP contribution in [0.25, 0.3) is 17.2 Å². The van der Waals surface area contributed by atoms with Crippen molar-refractivity contribution >= 4 is 23.2 Å². The van der Waals surface area contributed by atoms with E-state index in [0.717, 1.165) is 24.1 Å². The van der Waals surface area contributed by atoms with Gasteiger partial charge in [0, 0.05) is 47.7 Å². The predicted octanol–water partition coefficient (Wildman–Crippen LogP) is 4.04. The van der Waals surface area contributed by atoms with E-state index in [9.17, 15) is 9.59 Å². The Balaban J connectivity index is 1.56. The molecule has 0 aromatic carbocycles. The van der Waals surface area contributed by atoms with Gasteiger partial charge in [-0.1, -0.05) is 0 Å². The standard InChI is InChI=1S/C25H32N6O2S/c1-6-29(7-2)23(32)19-9-8-12-30(15-19)24(33)21-14-27-31(17(21)4)25-26-11-10-22(28-25)20-13-16(3)34-18(20)5/h10-11,13-14,19H,6-9,12,15H2,1-5H3. The zero-order valence-electron chi connectivity index (χ0n) is 20.5. The van der Waals surface area contributed by atoms with Crippen LogP contribution in [0.5, 0.6) is 0 Å². The topological polar surface area (TPSA) is 84.2 Å². The lowest BCUT2D eigenvalue weighted by Crippen LogP contribution is -2.46. The Morgan fingerprint density at radius 3 is 2.65 bits per heavy atom. The van der Waals surface area contributed by atoms with E-state index < -0.39 is 0 Å². The number of hydrogen-bond acceptors (Lipinski definition) is 6. The number of hydrogen-bond donors (Lipinski definition) is 0. The molecule has 1 atom stereocenters. The fourth-order valence-electron chi connectivity index (χ4n) is 4.63. The summed E-state index contributed by atoms with van der Waals surface area (Å²) in [7, 11) is 0. The van der Waals surface area contributed by atoms with E-state index in [1.807, 2.05) is 31.7 Å². The van der Waals surface area contributed by atoms with Gasteiger partial charge >= 0.3 is 0 Å². The summed E-state index contributed by atoms with van der Waals surface area (Å²) in [6, 6.07) is 4.02. The van der Waals surface area contributed by atoms with Crippen molar-refractivity contribution < 1.29 is 9.59 Å². The fourth-order valence-corrected chi connectivity index (χ4v) is 5.57. The molecule has 1 aliphatic heterocycles. The van der Waals surface area contributed by atoms with E-state index in [0.29, 0.717) is 43.4 Å². The molecule has 3 aromatic heterocycles. The van der Waals surface area contributed by atoms with E-state index in [2.05, 4.69) is 30.0 Å². The number of aromatic nitrogens is 4. The Hall–Kier alpha value is -3.07. The summed E-state index contributed by atoms with van der Waals surface area (Å²) in [5, 5.41) is 4.44. The van der Waals surface area contributed by atoms with Crippen molar-refractivity contribution in [3.63, 3.8) is 0 Å². The zero-order valence-corrected chi connectivity index (χ0v) is 21.4. The average Bonchev–Trinajstić information content (AvgIpc) is 3.40. The minimum absolute atomic E-state index is 0.0961. The lowest BCUT2D eigenvalue weighted by Gasteiger charge is -2.34. The lowest BCUT2D eigenvalue weighted by molar-refractivity contribution is -0.136. The van der Waals surface area contributed by atoms with Gasteiger partial charge in [0.05, 0.1) is 29.1 Å². The van der Waals surface area contributed by atoms with Crippen LogP contribution < -0.4 is 0 Å². The number of carbonyl (C=O) groups is 2. The van der Waals surface area contributed by atoms with E-state index in [4.69, 9.17) is 4.98 Å². The summed E-state index contributed by atoms with van der Waals surface area (Å²) in [6.45, 7) is 12.5. The van der Waals surface area contributed by atoms with E-state index in [-0.39, 0.29) is 17.7 Å². The summed E-state index contributed by atoms with van der Waals surface area (Å²) in [6.07, 6.45) is 4.95. The number of aryl methyl sites for hydroxylation is 2. The second-order valence-electron chi connectivity index (χ2n) is 8.73. The van der Waals surface area contributed by atoms with E-state index in [1.165, 1.54) is 9.75 Å². The van der Waals surface area contributed by atoms with Crippen molar-refractivity contribution in [1.29, 1.82) is 0 Å². The summed E-state index contributed by atoms with van der Waals surface area (Å²) in [5.41, 5.74) is 3.14. The highest BCUT2D eigenvalue weighted by Gasteiger charge is 2.32. The molecule has 0 bridgehead atoms. The van der Waals surface area contributed by atoms with Gasteiger partial charge in [-0.05, 0) is 59.6 Å². The second kappa shape index (κ2) is 10.0.